The van der Waals surface area contributed by atoms with Gasteiger partial charge >= 0.3 is 0 Å². The molecule has 0 aliphatic heterocycles. The fourth-order valence-corrected chi connectivity index (χ4v) is 3.32. The van der Waals surface area contributed by atoms with Crippen LogP contribution in [0, 0.1) is 0 Å². The second kappa shape index (κ2) is 7.50. The molecule has 4 rings (SSSR count). The van der Waals surface area contributed by atoms with Crippen molar-refractivity contribution >= 4 is 33.1 Å². The van der Waals surface area contributed by atoms with E-state index in [4.69, 9.17) is 4.74 Å². The van der Waals surface area contributed by atoms with E-state index in [1.54, 1.807) is 0 Å². The van der Waals surface area contributed by atoms with Gasteiger partial charge in [0.15, 0.2) is 6.10 Å². The van der Waals surface area contributed by atoms with Gasteiger partial charge in [0.05, 0.1) is 0 Å². The molecule has 134 valence electrons. The highest BCUT2D eigenvalue weighted by Gasteiger charge is 2.20. The molecule has 0 saturated carbocycles. The topological polar surface area (TPSA) is 38.3 Å². The number of amides is 1. The SMILES string of the molecule is CC[C@H](Oc1cccc2ccccc12)C(=O)Nc1cccc2ccccc12. The van der Waals surface area contributed by atoms with Gasteiger partial charge in [0.25, 0.3) is 5.91 Å². The smallest absolute Gasteiger partial charge is 0.265 e. The third-order valence-corrected chi connectivity index (χ3v) is 4.73. The third-order valence-electron chi connectivity index (χ3n) is 4.73. The maximum absolute atomic E-state index is 12.9. The molecule has 3 nitrogen and oxygen atoms in total. The van der Waals surface area contributed by atoms with Crippen molar-refractivity contribution < 1.29 is 9.53 Å². The van der Waals surface area contributed by atoms with Crippen LogP contribution in [0.25, 0.3) is 21.5 Å². The van der Waals surface area contributed by atoms with E-state index < -0.39 is 6.10 Å². The number of nitrogens with one attached hydrogen (secondary N) is 1. The summed E-state index contributed by atoms with van der Waals surface area (Å²) >= 11 is 0. The van der Waals surface area contributed by atoms with Crippen LogP contribution < -0.4 is 10.1 Å². The van der Waals surface area contributed by atoms with Gasteiger partial charge in [-0.15, -0.1) is 0 Å². The predicted molar refractivity (Wildman–Crippen MR) is 111 cm³/mol. The minimum absolute atomic E-state index is 0.137. The molecule has 0 aliphatic rings. The summed E-state index contributed by atoms with van der Waals surface area (Å²) in [5, 5.41) is 7.26. The second-order valence-electron chi connectivity index (χ2n) is 6.51. The first-order valence-corrected chi connectivity index (χ1v) is 9.19. The Bertz CT molecular complexity index is 1090. The standard InChI is InChI=1S/C24H21NO2/c1-2-22(27-23-16-8-12-18-10-4-6-14-20(18)23)24(26)25-21-15-7-11-17-9-3-5-13-19(17)21/h3-16,22H,2H2,1H3,(H,25,26)/t22-/m0/s1. The van der Waals surface area contributed by atoms with Crippen molar-refractivity contribution in [2.24, 2.45) is 0 Å². The summed E-state index contributed by atoms with van der Waals surface area (Å²) in [7, 11) is 0. The average molecular weight is 355 g/mol. The molecule has 0 bridgehead atoms. The Balaban J connectivity index is 1.59. The van der Waals surface area contributed by atoms with Crippen LogP contribution in [0.4, 0.5) is 5.69 Å². The summed E-state index contributed by atoms with van der Waals surface area (Å²) in [5.74, 6) is 0.592. The highest BCUT2D eigenvalue weighted by atomic mass is 16.5. The van der Waals surface area contributed by atoms with E-state index in [0.29, 0.717) is 6.42 Å². The molecule has 0 fully saturated rings. The van der Waals surface area contributed by atoms with Gasteiger partial charge in [-0.2, -0.15) is 0 Å². The first-order valence-electron chi connectivity index (χ1n) is 9.19. The van der Waals surface area contributed by atoms with Crippen molar-refractivity contribution in [3.63, 3.8) is 0 Å². The van der Waals surface area contributed by atoms with Crippen LogP contribution in [0.3, 0.4) is 0 Å². The first-order chi connectivity index (χ1) is 13.3. The number of hydrogen-bond acceptors (Lipinski definition) is 2. The van der Waals surface area contributed by atoms with Gasteiger partial charge in [0.1, 0.15) is 5.75 Å². The highest BCUT2D eigenvalue weighted by molar-refractivity contribution is 6.03. The minimum atomic E-state index is -0.560. The van der Waals surface area contributed by atoms with Gasteiger partial charge in [0.2, 0.25) is 0 Å². The molecule has 0 saturated heterocycles. The number of hydrogen-bond donors (Lipinski definition) is 1. The van der Waals surface area contributed by atoms with Gasteiger partial charge in [-0.1, -0.05) is 79.7 Å². The van der Waals surface area contributed by atoms with E-state index in [-0.39, 0.29) is 5.91 Å². The second-order valence-corrected chi connectivity index (χ2v) is 6.51. The number of carbonyl (C=O) groups is 1. The summed E-state index contributed by atoms with van der Waals surface area (Å²) in [4.78, 5) is 12.9. The maximum atomic E-state index is 12.9. The lowest BCUT2D eigenvalue weighted by molar-refractivity contribution is -0.122. The fourth-order valence-electron chi connectivity index (χ4n) is 3.32. The quantitative estimate of drug-likeness (QED) is 0.492. The molecule has 0 radical (unpaired) electrons. The minimum Gasteiger partial charge on any atom is -0.480 e. The van der Waals surface area contributed by atoms with Crippen molar-refractivity contribution in [2.75, 3.05) is 5.32 Å². The largest absolute Gasteiger partial charge is 0.480 e. The van der Waals surface area contributed by atoms with Crippen LogP contribution in [0.15, 0.2) is 84.9 Å². The molecular weight excluding hydrogens is 334 g/mol. The lowest BCUT2D eigenvalue weighted by atomic mass is 10.1. The Kier molecular flexibility index (Phi) is 4.75. The van der Waals surface area contributed by atoms with Crippen LogP contribution >= 0.6 is 0 Å². The average Bonchev–Trinajstić information content (AvgIpc) is 2.72. The normalized spacial score (nSPS) is 12.0. The van der Waals surface area contributed by atoms with Gasteiger partial charge in [-0.3, -0.25) is 4.79 Å². The third kappa shape index (κ3) is 3.49. The Morgan fingerprint density at radius 3 is 2.15 bits per heavy atom. The zero-order chi connectivity index (χ0) is 18.6. The van der Waals surface area contributed by atoms with Gasteiger partial charge in [-0.25, -0.2) is 0 Å². The first kappa shape index (κ1) is 17.1. The summed E-state index contributed by atoms with van der Waals surface area (Å²) in [6, 6.07) is 27.9. The van der Waals surface area contributed by atoms with E-state index in [1.807, 2.05) is 91.9 Å². The van der Waals surface area contributed by atoms with Gasteiger partial charge in [0, 0.05) is 16.5 Å². The van der Waals surface area contributed by atoms with Crippen molar-refractivity contribution in [1.29, 1.82) is 0 Å². The molecule has 3 heteroatoms. The number of anilines is 1. The molecule has 0 spiro atoms. The van der Waals surface area contributed by atoms with Crippen LogP contribution in [0.2, 0.25) is 0 Å². The van der Waals surface area contributed by atoms with Crippen molar-refractivity contribution in [3.8, 4) is 5.75 Å². The molecule has 0 aromatic heterocycles. The van der Waals surface area contributed by atoms with Crippen LogP contribution in [0.5, 0.6) is 5.75 Å². The number of rotatable bonds is 5. The van der Waals surface area contributed by atoms with Crippen LogP contribution in [-0.4, -0.2) is 12.0 Å². The molecule has 27 heavy (non-hydrogen) atoms. The van der Waals surface area contributed by atoms with E-state index in [1.165, 1.54) is 0 Å². The van der Waals surface area contributed by atoms with Crippen molar-refractivity contribution in [3.05, 3.63) is 84.9 Å². The lowest BCUT2D eigenvalue weighted by Gasteiger charge is -2.19. The van der Waals surface area contributed by atoms with Crippen molar-refractivity contribution in [1.82, 2.24) is 0 Å². The van der Waals surface area contributed by atoms with Crippen LogP contribution in [-0.2, 0) is 4.79 Å². The van der Waals surface area contributed by atoms with E-state index >= 15 is 0 Å². The van der Waals surface area contributed by atoms with Crippen molar-refractivity contribution in [2.45, 2.75) is 19.4 Å². The number of benzene rings is 4. The van der Waals surface area contributed by atoms with E-state index in [2.05, 4.69) is 5.32 Å². The molecule has 1 N–H and O–H groups in total. The molecule has 0 heterocycles. The lowest BCUT2D eigenvalue weighted by Crippen LogP contribution is -2.32. The van der Waals surface area contributed by atoms with E-state index in [0.717, 1.165) is 33.0 Å². The monoisotopic (exact) mass is 355 g/mol. The summed E-state index contributed by atoms with van der Waals surface area (Å²) in [6.07, 6.45) is 0.0228. The molecule has 0 aliphatic carbocycles. The van der Waals surface area contributed by atoms with Crippen LogP contribution in [0.1, 0.15) is 13.3 Å². The Morgan fingerprint density at radius 2 is 1.41 bits per heavy atom. The Morgan fingerprint density at radius 1 is 0.815 bits per heavy atom. The Labute approximate surface area is 158 Å². The fraction of sp³-hybridized carbons (Fsp3) is 0.125. The maximum Gasteiger partial charge on any atom is 0.265 e. The summed E-state index contributed by atoms with van der Waals surface area (Å²) in [5.41, 5.74) is 0.804. The zero-order valence-corrected chi connectivity index (χ0v) is 15.2. The molecular formula is C24H21NO2. The molecule has 4 aromatic carbocycles. The van der Waals surface area contributed by atoms with Gasteiger partial charge < -0.3 is 10.1 Å². The number of fused-ring (bicyclic) bond motifs is 2. The number of ether oxygens (including phenoxy) is 1. The number of carbonyl (C=O) groups excluding carboxylic acids is 1. The summed E-state index contributed by atoms with van der Waals surface area (Å²) in [6.45, 7) is 1.96. The molecule has 0 unspecified atom stereocenters. The predicted octanol–water partition coefficient (Wildman–Crippen LogP) is 5.79. The molecule has 4 aromatic rings. The van der Waals surface area contributed by atoms with E-state index in [9.17, 15) is 4.79 Å². The highest BCUT2D eigenvalue weighted by Crippen LogP contribution is 2.27. The molecule has 1 amide bonds. The summed E-state index contributed by atoms with van der Waals surface area (Å²) < 4.78 is 6.11. The molecule has 1 atom stereocenters. The van der Waals surface area contributed by atoms with Gasteiger partial charge in [-0.05, 0) is 29.3 Å². The zero-order valence-electron chi connectivity index (χ0n) is 15.2. The Hall–Kier alpha value is -3.33.